The average molecular weight is 301 g/mol. The lowest BCUT2D eigenvalue weighted by molar-refractivity contribution is -0.385. The zero-order valence-corrected chi connectivity index (χ0v) is 12.0. The van der Waals surface area contributed by atoms with E-state index >= 15 is 0 Å². The summed E-state index contributed by atoms with van der Waals surface area (Å²) in [6, 6.07) is 1.31. The zero-order valence-electron chi connectivity index (χ0n) is 11.2. The minimum absolute atomic E-state index is 0. The third-order valence-electron chi connectivity index (χ3n) is 3.14. The molecule has 7 nitrogen and oxygen atoms in total. The van der Waals surface area contributed by atoms with Crippen molar-refractivity contribution in [1.29, 1.82) is 0 Å². The fourth-order valence-electron chi connectivity index (χ4n) is 2.06. The molecule has 1 aromatic rings. The molecule has 0 aliphatic carbocycles. The topological polar surface area (TPSA) is 88.4 Å². The summed E-state index contributed by atoms with van der Waals surface area (Å²) in [4.78, 5) is 28.2. The van der Waals surface area contributed by atoms with Crippen molar-refractivity contribution in [3.63, 3.8) is 0 Å². The molecule has 1 amide bonds. The third kappa shape index (κ3) is 3.64. The van der Waals surface area contributed by atoms with E-state index in [4.69, 9.17) is 0 Å². The molecule has 0 atom stereocenters. The molecule has 1 aliphatic rings. The molecular weight excluding hydrogens is 284 g/mol. The van der Waals surface area contributed by atoms with Gasteiger partial charge in [-0.25, -0.2) is 0 Å². The second-order valence-electron chi connectivity index (χ2n) is 4.48. The summed E-state index contributed by atoms with van der Waals surface area (Å²) in [6.45, 7) is 4.59. The van der Waals surface area contributed by atoms with Gasteiger partial charge in [-0.05, 0) is 19.9 Å². The van der Waals surface area contributed by atoms with E-state index in [9.17, 15) is 14.9 Å². The van der Waals surface area contributed by atoms with Gasteiger partial charge in [-0.15, -0.1) is 12.4 Å². The number of nitro groups is 1. The molecule has 110 valence electrons. The number of nitrogens with one attached hydrogen (secondary N) is 1. The normalized spacial score (nSPS) is 15.2. The monoisotopic (exact) mass is 300 g/mol. The van der Waals surface area contributed by atoms with Crippen molar-refractivity contribution in [2.45, 2.75) is 13.3 Å². The highest BCUT2D eigenvalue weighted by atomic mass is 35.5. The molecule has 1 saturated heterocycles. The summed E-state index contributed by atoms with van der Waals surface area (Å²) in [5.41, 5.74) is 0.686. The smallest absolute Gasteiger partial charge is 0.288 e. The van der Waals surface area contributed by atoms with E-state index in [1.54, 1.807) is 11.8 Å². The second kappa shape index (κ2) is 7.16. The van der Waals surface area contributed by atoms with E-state index in [0.717, 1.165) is 19.5 Å². The Hall–Kier alpha value is -1.73. The Labute approximate surface area is 122 Å². The van der Waals surface area contributed by atoms with E-state index in [1.165, 1.54) is 12.3 Å². The van der Waals surface area contributed by atoms with Gasteiger partial charge in [0, 0.05) is 25.7 Å². The first-order valence-electron chi connectivity index (χ1n) is 6.20. The van der Waals surface area contributed by atoms with Crippen LogP contribution in [0.2, 0.25) is 0 Å². The van der Waals surface area contributed by atoms with Crippen LogP contribution in [0.1, 0.15) is 22.5 Å². The van der Waals surface area contributed by atoms with Crippen molar-refractivity contribution in [2.75, 3.05) is 26.2 Å². The first-order valence-corrected chi connectivity index (χ1v) is 6.20. The fraction of sp³-hybridized carbons (Fsp3) is 0.500. The van der Waals surface area contributed by atoms with Gasteiger partial charge in [0.2, 0.25) is 0 Å². The summed E-state index contributed by atoms with van der Waals surface area (Å²) in [5, 5.41) is 14.0. The van der Waals surface area contributed by atoms with Crippen molar-refractivity contribution in [1.82, 2.24) is 15.2 Å². The van der Waals surface area contributed by atoms with Crippen LogP contribution in [-0.2, 0) is 0 Å². The Morgan fingerprint density at radius 2 is 2.20 bits per heavy atom. The van der Waals surface area contributed by atoms with E-state index < -0.39 is 4.92 Å². The highest BCUT2D eigenvalue weighted by molar-refractivity contribution is 5.95. The molecule has 0 unspecified atom stereocenters. The van der Waals surface area contributed by atoms with Gasteiger partial charge in [0.05, 0.1) is 16.2 Å². The number of carbonyl (C=O) groups excluding carboxylic acids is 1. The number of aryl methyl sites for hydroxylation is 1. The number of amides is 1. The van der Waals surface area contributed by atoms with E-state index in [-0.39, 0.29) is 24.0 Å². The summed E-state index contributed by atoms with van der Waals surface area (Å²) in [5.74, 6) is -0.183. The zero-order chi connectivity index (χ0) is 13.8. The molecule has 2 rings (SSSR count). The van der Waals surface area contributed by atoms with Crippen LogP contribution in [0, 0.1) is 17.0 Å². The van der Waals surface area contributed by atoms with Crippen LogP contribution in [0.3, 0.4) is 0 Å². The van der Waals surface area contributed by atoms with E-state index in [2.05, 4.69) is 10.3 Å². The Kier molecular flexibility index (Phi) is 5.84. The van der Waals surface area contributed by atoms with Crippen molar-refractivity contribution in [3.05, 3.63) is 33.6 Å². The number of hydrogen-bond donors (Lipinski definition) is 1. The molecule has 1 N–H and O–H groups in total. The number of pyridine rings is 1. The molecule has 1 aliphatic heterocycles. The van der Waals surface area contributed by atoms with E-state index in [1.807, 2.05) is 0 Å². The molecule has 0 spiro atoms. The van der Waals surface area contributed by atoms with Gasteiger partial charge in [0.25, 0.3) is 11.6 Å². The molecule has 1 fully saturated rings. The van der Waals surface area contributed by atoms with Gasteiger partial charge in [-0.1, -0.05) is 0 Å². The number of aromatic nitrogens is 1. The number of nitrogens with zero attached hydrogens (tertiary/aromatic N) is 3. The van der Waals surface area contributed by atoms with Gasteiger partial charge in [0.15, 0.2) is 0 Å². The SMILES string of the molecule is Cc1ncc([N+](=O)[O-])cc1C(=O)N1CCCNCC1.Cl. The van der Waals surface area contributed by atoms with Gasteiger partial charge >= 0.3 is 0 Å². The predicted molar refractivity (Wildman–Crippen MR) is 76.3 cm³/mol. The number of rotatable bonds is 2. The lowest BCUT2D eigenvalue weighted by Crippen LogP contribution is -2.34. The van der Waals surface area contributed by atoms with Crippen LogP contribution < -0.4 is 5.32 Å². The molecule has 8 heteroatoms. The maximum absolute atomic E-state index is 12.4. The van der Waals surface area contributed by atoms with E-state index in [0.29, 0.717) is 24.3 Å². The lowest BCUT2D eigenvalue weighted by Gasteiger charge is -2.20. The highest BCUT2D eigenvalue weighted by Gasteiger charge is 2.21. The third-order valence-corrected chi connectivity index (χ3v) is 3.14. The molecule has 1 aromatic heterocycles. The minimum Gasteiger partial charge on any atom is -0.337 e. The molecule has 0 bridgehead atoms. The average Bonchev–Trinajstić information content (AvgIpc) is 2.67. The molecular formula is C12H17ClN4O3. The van der Waals surface area contributed by atoms with Crippen molar-refractivity contribution >= 4 is 24.0 Å². The van der Waals surface area contributed by atoms with Crippen LogP contribution in [0.25, 0.3) is 0 Å². The molecule has 0 radical (unpaired) electrons. The summed E-state index contributed by atoms with van der Waals surface area (Å²) in [7, 11) is 0. The van der Waals surface area contributed by atoms with Crippen LogP contribution in [0.4, 0.5) is 5.69 Å². The number of hydrogen-bond acceptors (Lipinski definition) is 5. The highest BCUT2D eigenvalue weighted by Crippen LogP contribution is 2.17. The second-order valence-corrected chi connectivity index (χ2v) is 4.48. The summed E-state index contributed by atoms with van der Waals surface area (Å²) >= 11 is 0. The van der Waals surface area contributed by atoms with Crippen molar-refractivity contribution in [3.8, 4) is 0 Å². The Morgan fingerprint density at radius 3 is 2.90 bits per heavy atom. The molecule has 2 heterocycles. The number of halogens is 1. The van der Waals surface area contributed by atoms with Gasteiger partial charge < -0.3 is 10.2 Å². The molecule has 20 heavy (non-hydrogen) atoms. The molecule has 0 saturated carbocycles. The first kappa shape index (κ1) is 16.3. The van der Waals surface area contributed by atoms with Crippen LogP contribution in [-0.4, -0.2) is 46.9 Å². The largest absolute Gasteiger partial charge is 0.337 e. The van der Waals surface area contributed by atoms with Crippen LogP contribution in [0.15, 0.2) is 12.3 Å². The fourth-order valence-corrected chi connectivity index (χ4v) is 2.06. The van der Waals surface area contributed by atoms with Gasteiger partial charge in [0.1, 0.15) is 6.20 Å². The van der Waals surface area contributed by atoms with Crippen molar-refractivity contribution in [2.24, 2.45) is 0 Å². The maximum Gasteiger partial charge on any atom is 0.288 e. The summed E-state index contributed by atoms with van der Waals surface area (Å²) in [6.07, 6.45) is 2.06. The maximum atomic E-state index is 12.4. The first-order chi connectivity index (χ1) is 9.09. The lowest BCUT2D eigenvalue weighted by atomic mass is 10.1. The quantitative estimate of drug-likeness (QED) is 0.654. The Balaban J connectivity index is 0.00000200. The van der Waals surface area contributed by atoms with Crippen molar-refractivity contribution < 1.29 is 9.72 Å². The Bertz CT molecular complexity index is 501. The van der Waals surface area contributed by atoms with Gasteiger partial charge in [-0.2, -0.15) is 0 Å². The Morgan fingerprint density at radius 1 is 1.45 bits per heavy atom. The predicted octanol–water partition coefficient (Wildman–Crippen LogP) is 1.16. The number of carbonyl (C=O) groups is 1. The van der Waals surface area contributed by atoms with Crippen LogP contribution in [0.5, 0.6) is 0 Å². The minimum atomic E-state index is -0.535. The van der Waals surface area contributed by atoms with Crippen LogP contribution >= 0.6 is 12.4 Å². The summed E-state index contributed by atoms with van der Waals surface area (Å²) < 4.78 is 0. The van der Waals surface area contributed by atoms with Gasteiger partial charge in [-0.3, -0.25) is 19.9 Å². The molecule has 0 aromatic carbocycles. The standard InChI is InChI=1S/C12H16N4O3.ClH/c1-9-11(7-10(8-14-9)16(18)19)12(17)15-5-2-3-13-4-6-15;/h7-8,13H,2-6H2,1H3;1H.